The molecule has 0 heterocycles. The zero-order chi connectivity index (χ0) is 13.9. The van der Waals surface area contributed by atoms with Gasteiger partial charge in [0, 0.05) is 0 Å². The average Bonchev–Trinajstić information content (AvgIpc) is 2.47. The highest BCUT2D eigenvalue weighted by atomic mass is 35.6. The first-order valence-corrected chi connectivity index (χ1v) is 10.4. The van der Waals surface area contributed by atoms with Crippen molar-refractivity contribution in [3.8, 4) is 0 Å². The van der Waals surface area contributed by atoms with Crippen molar-refractivity contribution in [1.82, 2.24) is 0 Å². The maximum Gasteiger partial charge on any atom is 0.214 e. The third-order valence-corrected chi connectivity index (χ3v) is 8.09. The molecule has 2 heteroatoms. The molecular formula is C17H21ClSi. The summed E-state index contributed by atoms with van der Waals surface area (Å²) in [5.41, 5.74) is 1.40. The Bertz CT molecular complexity index is 517. The van der Waals surface area contributed by atoms with Crippen LogP contribution in [0.3, 0.4) is 0 Å². The van der Waals surface area contributed by atoms with E-state index in [1.54, 1.807) is 0 Å². The lowest BCUT2D eigenvalue weighted by atomic mass is 9.99. The molecule has 0 amide bonds. The fourth-order valence-corrected chi connectivity index (χ4v) is 4.98. The third-order valence-electron chi connectivity index (χ3n) is 3.95. The van der Waals surface area contributed by atoms with Crippen LogP contribution in [0.2, 0.25) is 6.55 Å². The largest absolute Gasteiger partial charge is 0.214 e. The smallest absolute Gasteiger partial charge is 0.155 e. The van der Waals surface area contributed by atoms with Crippen molar-refractivity contribution in [3.63, 3.8) is 0 Å². The lowest BCUT2D eigenvalue weighted by molar-refractivity contribution is 0.734. The second kappa shape index (κ2) is 5.94. The molecule has 19 heavy (non-hydrogen) atoms. The molecule has 2 unspecified atom stereocenters. The van der Waals surface area contributed by atoms with Crippen LogP contribution in [0.4, 0.5) is 0 Å². The first-order valence-electron chi connectivity index (χ1n) is 6.90. The minimum absolute atomic E-state index is 0.619. The van der Waals surface area contributed by atoms with Gasteiger partial charge in [0.2, 0.25) is 7.38 Å². The average molecular weight is 289 g/mol. The predicted octanol–water partition coefficient (Wildman–Crippen LogP) is 4.13. The number of rotatable bonds is 4. The van der Waals surface area contributed by atoms with E-state index in [2.05, 4.69) is 68.9 Å². The Hall–Kier alpha value is -1.05. The Balaban J connectivity index is 2.31. The van der Waals surface area contributed by atoms with Gasteiger partial charge in [0.15, 0.2) is 0 Å². The summed E-state index contributed by atoms with van der Waals surface area (Å²) in [7, 11) is -2.05. The topological polar surface area (TPSA) is 0 Å². The van der Waals surface area contributed by atoms with Crippen LogP contribution < -0.4 is 10.4 Å². The van der Waals surface area contributed by atoms with Crippen LogP contribution in [0.5, 0.6) is 0 Å². The Morgan fingerprint density at radius 1 is 0.947 bits per heavy atom. The number of hydrogen-bond donors (Lipinski definition) is 0. The lowest BCUT2D eigenvalue weighted by Crippen LogP contribution is -2.50. The van der Waals surface area contributed by atoms with Crippen LogP contribution in [-0.4, -0.2) is 7.38 Å². The van der Waals surface area contributed by atoms with Crippen molar-refractivity contribution < 1.29 is 0 Å². The molecule has 0 aromatic heterocycles. The van der Waals surface area contributed by atoms with Crippen molar-refractivity contribution in [3.05, 3.63) is 60.2 Å². The zero-order valence-corrected chi connectivity index (χ0v) is 13.6. The molecule has 2 aromatic rings. The Morgan fingerprint density at radius 2 is 1.47 bits per heavy atom. The van der Waals surface area contributed by atoms with Gasteiger partial charge in [-0.1, -0.05) is 68.4 Å². The maximum absolute atomic E-state index is 6.89. The van der Waals surface area contributed by atoms with E-state index in [-0.39, 0.29) is 0 Å². The molecule has 0 saturated carbocycles. The van der Waals surface area contributed by atoms with Crippen LogP contribution in [0.15, 0.2) is 54.6 Å². The van der Waals surface area contributed by atoms with Gasteiger partial charge in [-0.3, -0.25) is 0 Å². The second-order valence-electron chi connectivity index (χ2n) is 5.30. The van der Waals surface area contributed by atoms with Crippen LogP contribution >= 0.6 is 11.1 Å². The molecule has 0 saturated heterocycles. The first kappa shape index (κ1) is 14.4. The van der Waals surface area contributed by atoms with Gasteiger partial charge in [-0.05, 0) is 34.8 Å². The maximum atomic E-state index is 6.89. The Kier molecular flexibility index (Phi) is 4.49. The SMILES string of the molecule is CCC(C)c1ccc([Si](C)(Cl)c2ccccc2)cc1. The van der Waals surface area contributed by atoms with Gasteiger partial charge in [-0.2, -0.15) is 11.1 Å². The van der Waals surface area contributed by atoms with E-state index in [1.165, 1.54) is 22.4 Å². The molecule has 2 aromatic carbocycles. The molecule has 0 aliphatic carbocycles. The highest BCUT2D eigenvalue weighted by Gasteiger charge is 2.29. The summed E-state index contributed by atoms with van der Waals surface area (Å²) < 4.78 is 0. The summed E-state index contributed by atoms with van der Waals surface area (Å²) in [6.45, 7) is 6.69. The normalized spacial score (nSPS) is 15.8. The summed E-state index contributed by atoms with van der Waals surface area (Å²) in [5.74, 6) is 0.619. The quantitative estimate of drug-likeness (QED) is 0.586. The summed E-state index contributed by atoms with van der Waals surface area (Å²) in [6, 6.07) is 19.4. The fourth-order valence-electron chi connectivity index (χ4n) is 2.28. The van der Waals surface area contributed by atoms with E-state index >= 15 is 0 Å². The van der Waals surface area contributed by atoms with E-state index in [1.807, 2.05) is 6.07 Å². The van der Waals surface area contributed by atoms with Crippen molar-refractivity contribution in [2.45, 2.75) is 32.7 Å². The predicted molar refractivity (Wildman–Crippen MR) is 88.3 cm³/mol. The molecule has 2 rings (SSSR count). The molecule has 0 radical (unpaired) electrons. The number of halogens is 1. The molecule has 0 spiro atoms. The van der Waals surface area contributed by atoms with Crippen molar-refractivity contribution >= 4 is 28.8 Å². The number of hydrogen-bond acceptors (Lipinski definition) is 0. The molecule has 0 bridgehead atoms. The van der Waals surface area contributed by atoms with Gasteiger partial charge in [0.1, 0.15) is 0 Å². The Morgan fingerprint density at radius 3 is 2.00 bits per heavy atom. The summed E-state index contributed by atoms with van der Waals surface area (Å²) in [5, 5.41) is 2.56. The van der Waals surface area contributed by atoms with E-state index in [0.29, 0.717) is 5.92 Å². The Labute approximate surface area is 122 Å². The van der Waals surface area contributed by atoms with E-state index in [4.69, 9.17) is 11.1 Å². The standard InChI is InChI=1S/C17H21ClSi/c1-4-14(2)15-10-12-17(13-11-15)19(3,18)16-8-6-5-7-9-16/h5-14H,4H2,1-3H3. The van der Waals surface area contributed by atoms with Gasteiger partial charge in [-0.25, -0.2) is 0 Å². The molecule has 0 N–H and O–H groups in total. The highest BCUT2D eigenvalue weighted by Crippen LogP contribution is 2.18. The van der Waals surface area contributed by atoms with Gasteiger partial charge >= 0.3 is 0 Å². The molecule has 0 nitrogen and oxygen atoms in total. The van der Waals surface area contributed by atoms with E-state index < -0.39 is 7.38 Å². The third kappa shape index (κ3) is 3.10. The molecule has 2 atom stereocenters. The minimum Gasteiger partial charge on any atom is -0.155 e. The van der Waals surface area contributed by atoms with Gasteiger partial charge in [0.25, 0.3) is 0 Å². The molecular weight excluding hydrogens is 268 g/mol. The minimum atomic E-state index is -2.05. The lowest BCUT2D eigenvalue weighted by Gasteiger charge is -2.21. The molecule has 0 fully saturated rings. The molecule has 0 aliphatic rings. The van der Waals surface area contributed by atoms with Gasteiger partial charge < -0.3 is 0 Å². The highest BCUT2D eigenvalue weighted by molar-refractivity contribution is 7.33. The summed E-state index contributed by atoms with van der Waals surface area (Å²) in [4.78, 5) is 0. The van der Waals surface area contributed by atoms with Crippen molar-refractivity contribution in [2.24, 2.45) is 0 Å². The van der Waals surface area contributed by atoms with Crippen LogP contribution in [0.25, 0.3) is 0 Å². The molecule has 100 valence electrons. The summed E-state index contributed by atoms with van der Waals surface area (Å²) >= 11 is 6.89. The zero-order valence-electron chi connectivity index (χ0n) is 11.9. The number of benzene rings is 2. The van der Waals surface area contributed by atoms with Crippen LogP contribution in [-0.2, 0) is 0 Å². The van der Waals surface area contributed by atoms with Crippen LogP contribution in [0.1, 0.15) is 31.7 Å². The van der Waals surface area contributed by atoms with Gasteiger partial charge in [-0.15, -0.1) is 0 Å². The van der Waals surface area contributed by atoms with Crippen molar-refractivity contribution in [1.29, 1.82) is 0 Å². The van der Waals surface area contributed by atoms with E-state index in [0.717, 1.165) is 0 Å². The van der Waals surface area contributed by atoms with Crippen molar-refractivity contribution in [2.75, 3.05) is 0 Å². The summed E-state index contributed by atoms with van der Waals surface area (Å²) in [6.07, 6.45) is 1.17. The van der Waals surface area contributed by atoms with Crippen LogP contribution in [0, 0.1) is 0 Å². The first-order chi connectivity index (χ1) is 9.05. The van der Waals surface area contributed by atoms with E-state index in [9.17, 15) is 0 Å². The molecule has 0 aliphatic heterocycles. The van der Waals surface area contributed by atoms with Gasteiger partial charge in [0.05, 0.1) is 0 Å². The second-order valence-corrected chi connectivity index (χ2v) is 10.7. The fraction of sp³-hybridized carbons (Fsp3) is 0.294. The monoisotopic (exact) mass is 288 g/mol.